The highest BCUT2D eigenvalue weighted by Crippen LogP contribution is 2.36. The first kappa shape index (κ1) is 14.4. The molecule has 0 spiro atoms. The van der Waals surface area contributed by atoms with E-state index < -0.39 is 5.41 Å². The monoisotopic (exact) mass is 257 g/mol. The average Bonchev–Trinajstić information content (AvgIpc) is 2.29. The van der Waals surface area contributed by atoms with Gasteiger partial charge in [-0.2, -0.15) is 0 Å². The number of hydrogen-bond acceptors (Lipinski definition) is 3. The Kier molecular flexibility index (Phi) is 5.33. The lowest BCUT2D eigenvalue weighted by Gasteiger charge is -2.34. The van der Waals surface area contributed by atoms with Crippen molar-refractivity contribution in [1.82, 2.24) is 10.2 Å². The Hall–Kier alpha value is -0.680. The Morgan fingerprint density at radius 2 is 1.94 bits per heavy atom. The Morgan fingerprint density at radius 1 is 1.35 bits per heavy atom. The fraction of sp³-hybridized carbons (Fsp3) is 0.833. The summed E-state index contributed by atoms with van der Waals surface area (Å²) >= 11 is 5.11. The summed E-state index contributed by atoms with van der Waals surface area (Å²) in [5.41, 5.74) is 5.21. The fourth-order valence-electron chi connectivity index (χ4n) is 2.30. The Labute approximate surface area is 109 Å². The largest absolute Gasteiger partial charge is 0.392 e. The third-order valence-corrected chi connectivity index (χ3v) is 3.85. The lowest BCUT2D eigenvalue weighted by molar-refractivity contribution is -0.128. The van der Waals surface area contributed by atoms with Crippen molar-refractivity contribution < 1.29 is 4.79 Å². The molecule has 0 aromatic rings. The molecule has 98 valence electrons. The summed E-state index contributed by atoms with van der Waals surface area (Å²) in [5.74, 6) is 0.0200. The van der Waals surface area contributed by atoms with E-state index in [1.807, 2.05) is 19.0 Å². The third kappa shape index (κ3) is 3.64. The van der Waals surface area contributed by atoms with Crippen molar-refractivity contribution in [3.05, 3.63) is 0 Å². The summed E-state index contributed by atoms with van der Waals surface area (Å²) < 4.78 is 0. The highest BCUT2D eigenvalue weighted by Gasteiger charge is 2.41. The maximum Gasteiger partial charge on any atom is 0.233 e. The lowest BCUT2D eigenvalue weighted by atomic mass is 9.73. The summed E-state index contributed by atoms with van der Waals surface area (Å²) in [4.78, 5) is 14.6. The molecule has 0 saturated heterocycles. The van der Waals surface area contributed by atoms with Gasteiger partial charge >= 0.3 is 0 Å². The van der Waals surface area contributed by atoms with Crippen LogP contribution < -0.4 is 11.1 Å². The number of nitrogens with two attached hydrogens (primary N) is 1. The van der Waals surface area contributed by atoms with Gasteiger partial charge in [-0.3, -0.25) is 4.79 Å². The number of nitrogens with one attached hydrogen (secondary N) is 1. The van der Waals surface area contributed by atoms with Gasteiger partial charge in [-0.15, -0.1) is 0 Å². The molecule has 1 amide bonds. The van der Waals surface area contributed by atoms with Crippen LogP contribution in [0.5, 0.6) is 0 Å². The number of carbonyl (C=O) groups excluding carboxylic acids is 1. The van der Waals surface area contributed by atoms with Crippen LogP contribution in [0.4, 0.5) is 0 Å². The van der Waals surface area contributed by atoms with Crippen molar-refractivity contribution in [1.29, 1.82) is 0 Å². The highest BCUT2D eigenvalue weighted by molar-refractivity contribution is 7.80. The molecule has 1 saturated carbocycles. The molecule has 0 aromatic carbocycles. The van der Waals surface area contributed by atoms with Gasteiger partial charge in [0.15, 0.2) is 0 Å². The van der Waals surface area contributed by atoms with Crippen molar-refractivity contribution in [2.75, 3.05) is 27.2 Å². The topological polar surface area (TPSA) is 58.4 Å². The maximum atomic E-state index is 12.2. The van der Waals surface area contributed by atoms with Crippen molar-refractivity contribution in [3.63, 3.8) is 0 Å². The van der Waals surface area contributed by atoms with E-state index in [0.29, 0.717) is 11.5 Å². The zero-order valence-electron chi connectivity index (χ0n) is 10.8. The average molecular weight is 257 g/mol. The van der Waals surface area contributed by atoms with Crippen molar-refractivity contribution in [2.45, 2.75) is 32.1 Å². The minimum atomic E-state index is -0.583. The minimum absolute atomic E-state index is 0.0200. The van der Waals surface area contributed by atoms with E-state index in [1.165, 1.54) is 6.42 Å². The Balaban J connectivity index is 2.58. The normalized spacial score (nSPS) is 19.0. The zero-order chi connectivity index (χ0) is 12.9. The number of carbonyl (C=O) groups is 1. The van der Waals surface area contributed by atoms with Gasteiger partial charge < -0.3 is 16.0 Å². The highest BCUT2D eigenvalue weighted by atomic mass is 32.1. The zero-order valence-corrected chi connectivity index (χ0v) is 11.6. The van der Waals surface area contributed by atoms with Crippen LogP contribution in [0.3, 0.4) is 0 Å². The van der Waals surface area contributed by atoms with Gasteiger partial charge in [-0.25, -0.2) is 0 Å². The van der Waals surface area contributed by atoms with Crippen molar-refractivity contribution in [2.24, 2.45) is 11.1 Å². The van der Waals surface area contributed by atoms with E-state index in [-0.39, 0.29) is 5.91 Å². The van der Waals surface area contributed by atoms with Crippen LogP contribution >= 0.6 is 12.2 Å². The molecule has 0 heterocycles. The quantitative estimate of drug-likeness (QED) is 0.719. The molecule has 1 rings (SSSR count). The summed E-state index contributed by atoms with van der Waals surface area (Å²) in [6, 6.07) is 0. The number of amides is 1. The van der Waals surface area contributed by atoms with Crippen LogP contribution in [0.15, 0.2) is 0 Å². The lowest BCUT2D eigenvalue weighted by Crippen LogP contribution is -2.51. The number of rotatable bonds is 5. The predicted octanol–water partition coefficient (Wildman–Crippen LogP) is 0.901. The van der Waals surface area contributed by atoms with Crippen LogP contribution in [-0.4, -0.2) is 43.0 Å². The van der Waals surface area contributed by atoms with Gasteiger partial charge in [0.2, 0.25) is 5.91 Å². The smallest absolute Gasteiger partial charge is 0.233 e. The SMILES string of the molecule is CN(C)CCNC(=O)C1(C(N)=S)CCCCC1. The van der Waals surface area contributed by atoms with E-state index in [0.717, 1.165) is 32.2 Å². The summed E-state index contributed by atoms with van der Waals surface area (Å²) in [5, 5.41) is 2.96. The van der Waals surface area contributed by atoms with Crippen LogP contribution in [-0.2, 0) is 4.79 Å². The van der Waals surface area contributed by atoms with Gasteiger partial charge in [0.1, 0.15) is 0 Å². The molecule has 1 aliphatic rings. The molecule has 0 bridgehead atoms. The molecule has 0 aliphatic heterocycles. The second kappa shape index (κ2) is 6.31. The second-order valence-corrected chi connectivity index (χ2v) is 5.51. The van der Waals surface area contributed by atoms with Gasteiger partial charge in [0.25, 0.3) is 0 Å². The molecule has 4 nitrogen and oxygen atoms in total. The maximum absolute atomic E-state index is 12.2. The van der Waals surface area contributed by atoms with E-state index >= 15 is 0 Å². The van der Waals surface area contributed by atoms with Crippen LogP contribution in [0, 0.1) is 5.41 Å². The molecule has 1 aliphatic carbocycles. The molecular formula is C12H23N3OS. The Morgan fingerprint density at radius 3 is 2.41 bits per heavy atom. The first-order valence-electron chi connectivity index (χ1n) is 6.22. The fourth-order valence-corrected chi connectivity index (χ4v) is 2.60. The van der Waals surface area contributed by atoms with Gasteiger partial charge in [-0.05, 0) is 26.9 Å². The predicted molar refractivity (Wildman–Crippen MR) is 73.9 cm³/mol. The standard InChI is InChI=1S/C12H23N3OS/c1-15(2)9-8-14-11(16)12(10(13)17)6-4-3-5-7-12/h3-9H2,1-2H3,(H2,13,17)(H,14,16). The molecule has 0 radical (unpaired) electrons. The van der Waals surface area contributed by atoms with Crippen LogP contribution in [0.25, 0.3) is 0 Å². The van der Waals surface area contributed by atoms with Crippen LogP contribution in [0.2, 0.25) is 0 Å². The summed E-state index contributed by atoms with van der Waals surface area (Å²) in [6.45, 7) is 1.48. The second-order valence-electron chi connectivity index (χ2n) is 5.07. The molecule has 1 fully saturated rings. The number of thiocarbonyl (C=S) groups is 1. The molecule has 17 heavy (non-hydrogen) atoms. The first-order valence-corrected chi connectivity index (χ1v) is 6.63. The van der Waals surface area contributed by atoms with E-state index in [2.05, 4.69) is 5.32 Å². The number of likely N-dealkylation sites (N-methyl/N-ethyl adjacent to an activating group) is 1. The third-order valence-electron chi connectivity index (χ3n) is 3.46. The first-order chi connectivity index (χ1) is 7.99. The number of nitrogens with zero attached hydrogens (tertiary/aromatic N) is 1. The molecule has 5 heteroatoms. The Bertz CT molecular complexity index is 285. The van der Waals surface area contributed by atoms with E-state index in [9.17, 15) is 4.79 Å². The summed E-state index contributed by atoms with van der Waals surface area (Å²) in [6.07, 6.45) is 4.86. The molecular weight excluding hydrogens is 234 g/mol. The number of hydrogen-bond donors (Lipinski definition) is 2. The van der Waals surface area contributed by atoms with Crippen molar-refractivity contribution >= 4 is 23.1 Å². The van der Waals surface area contributed by atoms with Gasteiger partial charge in [-0.1, -0.05) is 31.5 Å². The van der Waals surface area contributed by atoms with E-state index in [1.54, 1.807) is 0 Å². The molecule has 3 N–H and O–H groups in total. The van der Waals surface area contributed by atoms with Crippen LogP contribution in [0.1, 0.15) is 32.1 Å². The van der Waals surface area contributed by atoms with Gasteiger partial charge in [0.05, 0.1) is 10.4 Å². The molecule has 0 atom stereocenters. The molecule has 0 unspecified atom stereocenters. The minimum Gasteiger partial charge on any atom is -0.392 e. The van der Waals surface area contributed by atoms with E-state index in [4.69, 9.17) is 18.0 Å². The summed E-state index contributed by atoms with van der Waals surface area (Å²) in [7, 11) is 3.96. The molecule has 0 aromatic heterocycles. The van der Waals surface area contributed by atoms with Gasteiger partial charge in [0, 0.05) is 13.1 Å². The van der Waals surface area contributed by atoms with Crippen molar-refractivity contribution in [3.8, 4) is 0 Å².